The van der Waals surface area contributed by atoms with Crippen LogP contribution in [0.3, 0.4) is 0 Å². The number of benzene rings is 3. The van der Waals surface area contributed by atoms with Gasteiger partial charge in [-0.05, 0) is 54.0 Å². The van der Waals surface area contributed by atoms with Crippen molar-refractivity contribution in [3.05, 3.63) is 100 Å². The summed E-state index contributed by atoms with van der Waals surface area (Å²) in [7, 11) is 1.54. The Morgan fingerprint density at radius 3 is 2.50 bits per heavy atom. The standard InChI is InChI=1S/C28H24ClNO4S2/c1-3-9-20-10-7-8-13-23(20)33-14-15-34-26-22(29)16-19(17-24(26)32-2)18-25-27(31)30(28(35)36-25)21-11-5-4-6-12-21/h3-8,10-13,16-18H,1,9,14-15H2,2H3. The third-order valence-electron chi connectivity index (χ3n) is 5.28. The highest BCUT2D eigenvalue weighted by Gasteiger charge is 2.33. The molecule has 0 unspecified atom stereocenters. The molecule has 3 aromatic rings. The van der Waals surface area contributed by atoms with Crippen LogP contribution in [0, 0.1) is 0 Å². The maximum Gasteiger partial charge on any atom is 0.270 e. The van der Waals surface area contributed by atoms with Crippen LogP contribution in [0.25, 0.3) is 6.08 Å². The molecule has 8 heteroatoms. The second-order valence-electron chi connectivity index (χ2n) is 7.68. The predicted octanol–water partition coefficient (Wildman–Crippen LogP) is 6.94. The molecule has 0 aliphatic carbocycles. The van der Waals surface area contributed by atoms with Crippen LogP contribution in [-0.4, -0.2) is 30.6 Å². The molecule has 3 aromatic carbocycles. The summed E-state index contributed by atoms with van der Waals surface area (Å²) >= 11 is 13.2. The van der Waals surface area contributed by atoms with E-state index in [4.69, 9.17) is 38.0 Å². The molecule has 1 fully saturated rings. The van der Waals surface area contributed by atoms with Crippen LogP contribution >= 0.6 is 35.6 Å². The van der Waals surface area contributed by atoms with Crippen molar-refractivity contribution in [2.24, 2.45) is 0 Å². The molecule has 0 N–H and O–H groups in total. The van der Waals surface area contributed by atoms with Crippen molar-refractivity contribution < 1.29 is 19.0 Å². The fourth-order valence-corrected chi connectivity index (χ4v) is 5.22. The molecule has 0 spiro atoms. The monoisotopic (exact) mass is 537 g/mol. The number of amides is 1. The summed E-state index contributed by atoms with van der Waals surface area (Å²) in [6, 6.07) is 20.6. The number of thioether (sulfide) groups is 1. The lowest BCUT2D eigenvalue weighted by Crippen LogP contribution is -2.27. The molecular weight excluding hydrogens is 514 g/mol. The van der Waals surface area contributed by atoms with E-state index >= 15 is 0 Å². The van der Waals surface area contributed by atoms with Crippen molar-refractivity contribution in [3.8, 4) is 17.2 Å². The Kier molecular flexibility index (Phi) is 8.70. The van der Waals surface area contributed by atoms with Gasteiger partial charge in [-0.25, -0.2) is 0 Å². The second kappa shape index (κ2) is 12.1. The number of nitrogens with zero attached hydrogens (tertiary/aromatic N) is 1. The molecule has 1 heterocycles. The van der Waals surface area contributed by atoms with Crippen molar-refractivity contribution in [2.45, 2.75) is 6.42 Å². The predicted molar refractivity (Wildman–Crippen MR) is 151 cm³/mol. The molecule has 4 rings (SSSR count). The molecule has 1 saturated heterocycles. The topological polar surface area (TPSA) is 48.0 Å². The van der Waals surface area contributed by atoms with E-state index in [0.717, 1.165) is 23.4 Å². The first kappa shape index (κ1) is 25.8. The van der Waals surface area contributed by atoms with Gasteiger partial charge in [0, 0.05) is 0 Å². The van der Waals surface area contributed by atoms with Crippen LogP contribution in [-0.2, 0) is 11.2 Å². The number of hydrogen-bond donors (Lipinski definition) is 0. The molecule has 0 radical (unpaired) electrons. The van der Waals surface area contributed by atoms with Gasteiger partial charge in [0.05, 0.1) is 22.7 Å². The Labute approximate surface area is 225 Å². The zero-order valence-electron chi connectivity index (χ0n) is 19.6. The molecule has 36 heavy (non-hydrogen) atoms. The molecule has 0 atom stereocenters. The summed E-state index contributed by atoms with van der Waals surface area (Å²) in [5.74, 6) is 1.48. The number of allylic oxidation sites excluding steroid dienone is 1. The van der Waals surface area contributed by atoms with Gasteiger partial charge in [0.25, 0.3) is 5.91 Å². The molecule has 184 valence electrons. The number of methoxy groups -OCH3 is 1. The van der Waals surface area contributed by atoms with E-state index in [1.807, 2.05) is 60.7 Å². The fraction of sp³-hybridized carbons (Fsp3) is 0.143. The highest BCUT2D eigenvalue weighted by atomic mass is 35.5. The van der Waals surface area contributed by atoms with Gasteiger partial charge in [0.1, 0.15) is 19.0 Å². The summed E-state index contributed by atoms with van der Waals surface area (Å²) in [6.45, 7) is 4.39. The van der Waals surface area contributed by atoms with Gasteiger partial charge in [-0.2, -0.15) is 0 Å². The first-order valence-electron chi connectivity index (χ1n) is 11.2. The van der Waals surface area contributed by atoms with Gasteiger partial charge in [-0.1, -0.05) is 78.1 Å². The van der Waals surface area contributed by atoms with Crippen LogP contribution < -0.4 is 19.1 Å². The van der Waals surface area contributed by atoms with Crippen molar-refractivity contribution in [3.63, 3.8) is 0 Å². The lowest BCUT2D eigenvalue weighted by Gasteiger charge is -2.15. The van der Waals surface area contributed by atoms with Gasteiger partial charge >= 0.3 is 0 Å². The molecule has 1 amide bonds. The van der Waals surface area contributed by atoms with Gasteiger partial charge < -0.3 is 14.2 Å². The number of carbonyl (C=O) groups is 1. The van der Waals surface area contributed by atoms with Crippen LogP contribution in [0.15, 0.2) is 84.3 Å². The number of carbonyl (C=O) groups excluding carboxylic acids is 1. The van der Waals surface area contributed by atoms with E-state index in [1.54, 1.807) is 25.3 Å². The number of rotatable bonds is 10. The average Bonchev–Trinajstić information content (AvgIpc) is 3.16. The number of halogens is 1. The molecular formula is C28H24ClNO4S2. The summed E-state index contributed by atoms with van der Waals surface area (Å²) in [5.41, 5.74) is 2.50. The van der Waals surface area contributed by atoms with Gasteiger partial charge in [0.15, 0.2) is 15.8 Å². The summed E-state index contributed by atoms with van der Waals surface area (Å²) in [5, 5.41) is 0.367. The lowest BCUT2D eigenvalue weighted by atomic mass is 10.1. The fourth-order valence-electron chi connectivity index (χ4n) is 3.65. The molecule has 1 aliphatic heterocycles. The Bertz CT molecular complexity index is 1310. The zero-order valence-corrected chi connectivity index (χ0v) is 22.0. The highest BCUT2D eigenvalue weighted by molar-refractivity contribution is 8.27. The maximum absolute atomic E-state index is 13.0. The van der Waals surface area contributed by atoms with Crippen LogP contribution in [0.1, 0.15) is 11.1 Å². The van der Waals surface area contributed by atoms with Gasteiger partial charge in [-0.3, -0.25) is 9.69 Å². The smallest absolute Gasteiger partial charge is 0.270 e. The number of anilines is 1. The maximum atomic E-state index is 13.0. The Hall–Kier alpha value is -3.26. The van der Waals surface area contributed by atoms with Crippen molar-refractivity contribution in [1.82, 2.24) is 0 Å². The van der Waals surface area contributed by atoms with Crippen molar-refractivity contribution in [2.75, 3.05) is 25.2 Å². The van der Waals surface area contributed by atoms with Crippen molar-refractivity contribution >= 4 is 57.6 Å². The van der Waals surface area contributed by atoms with E-state index in [-0.39, 0.29) is 12.5 Å². The van der Waals surface area contributed by atoms with Crippen LogP contribution in [0.5, 0.6) is 17.2 Å². The number of thiocarbonyl (C=S) groups is 1. The van der Waals surface area contributed by atoms with Crippen LogP contribution in [0.4, 0.5) is 5.69 Å². The Morgan fingerprint density at radius 1 is 1.03 bits per heavy atom. The highest BCUT2D eigenvalue weighted by Crippen LogP contribution is 2.40. The SMILES string of the molecule is C=CCc1ccccc1OCCOc1c(Cl)cc(C=C2SC(=S)N(c3ccccc3)C2=O)cc1OC. The summed E-state index contributed by atoms with van der Waals surface area (Å²) in [4.78, 5) is 15.0. The second-order valence-corrected chi connectivity index (χ2v) is 9.77. The molecule has 0 aromatic heterocycles. The quantitative estimate of drug-likeness (QED) is 0.121. The zero-order chi connectivity index (χ0) is 25.5. The minimum absolute atomic E-state index is 0.180. The number of ether oxygens (including phenoxy) is 3. The van der Waals surface area contributed by atoms with E-state index in [1.165, 1.54) is 16.7 Å². The third-order valence-corrected chi connectivity index (χ3v) is 6.86. The van der Waals surface area contributed by atoms with Gasteiger partial charge in [0.2, 0.25) is 0 Å². The third kappa shape index (κ3) is 5.93. The summed E-state index contributed by atoms with van der Waals surface area (Å²) in [6.07, 6.45) is 4.31. The average molecular weight is 538 g/mol. The van der Waals surface area contributed by atoms with Crippen LogP contribution in [0.2, 0.25) is 5.02 Å². The first-order valence-corrected chi connectivity index (χ1v) is 12.8. The number of hydrogen-bond acceptors (Lipinski definition) is 6. The minimum atomic E-state index is -0.180. The number of para-hydroxylation sites is 2. The van der Waals surface area contributed by atoms with E-state index in [9.17, 15) is 4.79 Å². The normalized spacial score (nSPS) is 14.3. The molecule has 1 aliphatic rings. The largest absolute Gasteiger partial charge is 0.493 e. The van der Waals surface area contributed by atoms with E-state index < -0.39 is 0 Å². The molecule has 0 saturated carbocycles. The lowest BCUT2D eigenvalue weighted by molar-refractivity contribution is -0.113. The van der Waals surface area contributed by atoms with Crippen molar-refractivity contribution in [1.29, 1.82) is 0 Å². The Balaban J connectivity index is 1.45. The summed E-state index contributed by atoms with van der Waals surface area (Å²) < 4.78 is 17.8. The molecule has 0 bridgehead atoms. The van der Waals surface area contributed by atoms with Gasteiger partial charge in [-0.15, -0.1) is 6.58 Å². The first-order chi connectivity index (χ1) is 17.5. The Morgan fingerprint density at radius 2 is 1.75 bits per heavy atom. The van der Waals surface area contributed by atoms with E-state index in [0.29, 0.717) is 37.9 Å². The molecule has 5 nitrogen and oxygen atoms in total. The van der Waals surface area contributed by atoms with E-state index in [2.05, 4.69) is 6.58 Å². The minimum Gasteiger partial charge on any atom is -0.493 e.